The third-order valence-electron chi connectivity index (χ3n) is 1.06. The van der Waals surface area contributed by atoms with E-state index in [1.807, 2.05) is 13.8 Å². The highest BCUT2D eigenvalue weighted by molar-refractivity contribution is 4.70. The molecular formula is C7H15O3. The predicted octanol–water partition coefficient (Wildman–Crippen LogP) is 1.31. The summed E-state index contributed by atoms with van der Waals surface area (Å²) in [7, 11) is 0. The van der Waals surface area contributed by atoms with E-state index in [1.54, 1.807) is 6.92 Å². The van der Waals surface area contributed by atoms with E-state index in [4.69, 9.17) is 14.6 Å². The first-order valence-electron chi connectivity index (χ1n) is 3.52. The molecule has 0 bridgehead atoms. The third kappa shape index (κ3) is 3.82. The van der Waals surface area contributed by atoms with Gasteiger partial charge in [0.15, 0.2) is 0 Å². The fraction of sp³-hybridized carbons (Fsp3) is 0.857. The zero-order valence-corrected chi connectivity index (χ0v) is 6.76. The molecule has 3 nitrogen and oxygen atoms in total. The fourth-order valence-corrected chi connectivity index (χ4v) is 0.587. The first-order valence-corrected chi connectivity index (χ1v) is 3.52. The van der Waals surface area contributed by atoms with E-state index >= 15 is 0 Å². The van der Waals surface area contributed by atoms with Crippen molar-refractivity contribution in [3.8, 4) is 0 Å². The largest absolute Gasteiger partial charge is 0.373 e. The van der Waals surface area contributed by atoms with Crippen LogP contribution in [0.4, 0.5) is 0 Å². The van der Waals surface area contributed by atoms with Crippen molar-refractivity contribution >= 4 is 0 Å². The van der Waals surface area contributed by atoms with Crippen LogP contribution in [0.1, 0.15) is 20.8 Å². The Labute approximate surface area is 62.0 Å². The predicted molar refractivity (Wildman–Crippen MR) is 37.9 cm³/mol. The van der Waals surface area contributed by atoms with Crippen LogP contribution in [0, 0.1) is 6.29 Å². The summed E-state index contributed by atoms with van der Waals surface area (Å²) >= 11 is 0. The summed E-state index contributed by atoms with van der Waals surface area (Å²) in [4.78, 5) is 0. The quantitative estimate of drug-likeness (QED) is 0.637. The number of hydrogen-bond donors (Lipinski definition) is 1. The Kier molecular flexibility index (Phi) is 5.58. The van der Waals surface area contributed by atoms with Crippen molar-refractivity contribution in [2.75, 3.05) is 13.2 Å². The Morgan fingerprint density at radius 3 is 2.40 bits per heavy atom. The minimum atomic E-state index is -0.315. The van der Waals surface area contributed by atoms with Crippen molar-refractivity contribution in [1.29, 1.82) is 0 Å². The molecule has 0 aliphatic heterocycles. The molecule has 0 fully saturated rings. The van der Waals surface area contributed by atoms with E-state index in [-0.39, 0.29) is 12.4 Å². The van der Waals surface area contributed by atoms with Crippen LogP contribution in [0.5, 0.6) is 0 Å². The number of ether oxygens (including phenoxy) is 2. The van der Waals surface area contributed by atoms with Gasteiger partial charge >= 0.3 is 0 Å². The highest BCUT2D eigenvalue weighted by atomic mass is 16.6. The van der Waals surface area contributed by atoms with Crippen LogP contribution in [0.25, 0.3) is 0 Å². The van der Waals surface area contributed by atoms with Gasteiger partial charge in [0.25, 0.3) is 6.29 Å². The van der Waals surface area contributed by atoms with E-state index in [2.05, 4.69) is 0 Å². The van der Waals surface area contributed by atoms with Gasteiger partial charge in [-0.3, -0.25) is 0 Å². The number of hydrogen-bond acceptors (Lipinski definition) is 3. The van der Waals surface area contributed by atoms with E-state index in [0.29, 0.717) is 13.2 Å². The minimum absolute atomic E-state index is 0.0376. The van der Waals surface area contributed by atoms with Gasteiger partial charge in [0.2, 0.25) is 0 Å². The number of aliphatic hydroxyl groups is 1. The first kappa shape index (κ1) is 9.88. The topological polar surface area (TPSA) is 38.7 Å². The van der Waals surface area contributed by atoms with Crippen LogP contribution in [0.2, 0.25) is 0 Å². The molecule has 0 heterocycles. The summed E-state index contributed by atoms with van der Waals surface area (Å²) in [5.74, 6) is 0. The average molecular weight is 147 g/mol. The molecule has 0 aromatic rings. The first-order chi connectivity index (χ1) is 4.72. The highest BCUT2D eigenvalue weighted by Gasteiger charge is 2.15. The van der Waals surface area contributed by atoms with Crippen molar-refractivity contribution in [1.82, 2.24) is 0 Å². The van der Waals surface area contributed by atoms with Gasteiger partial charge in [-0.2, -0.15) is 0 Å². The summed E-state index contributed by atoms with van der Waals surface area (Å²) in [6, 6.07) is 0. The van der Waals surface area contributed by atoms with Crippen molar-refractivity contribution in [3.05, 3.63) is 6.29 Å². The summed E-state index contributed by atoms with van der Waals surface area (Å²) in [5, 5.41) is 9.02. The maximum absolute atomic E-state index is 9.02. The minimum Gasteiger partial charge on any atom is -0.373 e. The average Bonchev–Trinajstić information content (AvgIpc) is 1.89. The van der Waals surface area contributed by atoms with Crippen LogP contribution in [-0.4, -0.2) is 24.4 Å². The lowest BCUT2D eigenvalue weighted by Crippen LogP contribution is -2.20. The second kappa shape index (κ2) is 5.65. The van der Waals surface area contributed by atoms with Crippen LogP contribution < -0.4 is 0 Å². The molecule has 0 saturated heterocycles. The summed E-state index contributed by atoms with van der Waals surface area (Å²) in [6.07, 6.45) is -0.353. The maximum Gasteiger partial charge on any atom is 0.250 e. The molecule has 1 N–H and O–H groups in total. The lowest BCUT2D eigenvalue weighted by molar-refractivity contribution is -0.0811. The highest BCUT2D eigenvalue weighted by Crippen LogP contribution is 2.06. The van der Waals surface area contributed by atoms with E-state index < -0.39 is 0 Å². The molecular weight excluding hydrogens is 132 g/mol. The molecule has 0 rings (SSSR count). The van der Waals surface area contributed by atoms with Crippen LogP contribution in [0.3, 0.4) is 0 Å². The maximum atomic E-state index is 9.02. The molecule has 1 radical (unpaired) electrons. The van der Waals surface area contributed by atoms with E-state index in [1.165, 1.54) is 0 Å². The molecule has 0 amide bonds. The van der Waals surface area contributed by atoms with Crippen LogP contribution >= 0.6 is 0 Å². The Morgan fingerprint density at radius 2 is 2.00 bits per heavy atom. The second-order valence-corrected chi connectivity index (χ2v) is 1.87. The fourth-order valence-electron chi connectivity index (χ4n) is 0.587. The molecule has 3 heteroatoms. The molecule has 0 saturated carbocycles. The van der Waals surface area contributed by atoms with E-state index in [0.717, 1.165) is 0 Å². The molecule has 0 spiro atoms. The van der Waals surface area contributed by atoms with Crippen molar-refractivity contribution in [3.63, 3.8) is 0 Å². The lowest BCUT2D eigenvalue weighted by Gasteiger charge is -2.15. The van der Waals surface area contributed by atoms with Gasteiger partial charge in [-0.1, -0.05) is 0 Å². The van der Waals surface area contributed by atoms with Gasteiger partial charge in [0.1, 0.15) is 6.10 Å². The van der Waals surface area contributed by atoms with Gasteiger partial charge in [0.05, 0.1) is 0 Å². The number of aliphatic hydroxyl groups excluding tert-OH is 1. The van der Waals surface area contributed by atoms with Crippen LogP contribution in [-0.2, 0) is 9.47 Å². The number of rotatable bonds is 5. The van der Waals surface area contributed by atoms with Crippen molar-refractivity contribution < 1.29 is 14.6 Å². The molecule has 1 unspecified atom stereocenters. The second-order valence-electron chi connectivity index (χ2n) is 1.87. The van der Waals surface area contributed by atoms with E-state index in [9.17, 15) is 0 Å². The standard InChI is InChI=1S/C7H15O3/c1-4-9-6(3)7(8)10-5-2/h6,8H,4-5H2,1-3H3. The molecule has 1 atom stereocenters. The van der Waals surface area contributed by atoms with Gasteiger partial charge in [-0.15, -0.1) is 0 Å². The smallest absolute Gasteiger partial charge is 0.250 e. The SMILES string of the molecule is CCO[C](O)C(C)OCC. The third-order valence-corrected chi connectivity index (χ3v) is 1.06. The Bertz CT molecular complexity index is 65.3. The van der Waals surface area contributed by atoms with Crippen LogP contribution in [0.15, 0.2) is 0 Å². The molecule has 0 aliphatic rings. The van der Waals surface area contributed by atoms with Gasteiger partial charge in [-0.05, 0) is 20.8 Å². The molecule has 0 aliphatic carbocycles. The summed E-state index contributed by atoms with van der Waals surface area (Å²) in [6.45, 7) is 6.49. The van der Waals surface area contributed by atoms with Crippen molar-refractivity contribution in [2.24, 2.45) is 0 Å². The summed E-state index contributed by atoms with van der Waals surface area (Å²) < 4.78 is 9.85. The van der Waals surface area contributed by atoms with Crippen molar-refractivity contribution in [2.45, 2.75) is 26.9 Å². The molecule has 61 valence electrons. The molecule has 10 heavy (non-hydrogen) atoms. The van der Waals surface area contributed by atoms with Gasteiger partial charge in [-0.25, -0.2) is 0 Å². The van der Waals surface area contributed by atoms with Gasteiger partial charge in [0, 0.05) is 13.2 Å². The monoisotopic (exact) mass is 147 g/mol. The Hall–Kier alpha value is -0.120. The Morgan fingerprint density at radius 1 is 1.40 bits per heavy atom. The van der Waals surface area contributed by atoms with Gasteiger partial charge < -0.3 is 14.6 Å². The zero-order chi connectivity index (χ0) is 7.98. The molecule has 0 aromatic heterocycles. The molecule has 0 aromatic carbocycles. The Balaban J connectivity index is 3.38. The summed E-state index contributed by atoms with van der Waals surface area (Å²) in [5.41, 5.74) is 0. The lowest BCUT2D eigenvalue weighted by atomic mass is 10.4. The normalized spacial score (nSPS) is 14.1. The zero-order valence-electron chi connectivity index (χ0n) is 6.76.